The molecule has 0 aliphatic carbocycles. The van der Waals surface area contributed by atoms with Crippen LogP contribution in [0.2, 0.25) is 0 Å². The Kier molecular flexibility index (Phi) is 9.36. The number of nitrogens with zero attached hydrogens (tertiary/aromatic N) is 1. The molecule has 0 saturated carbocycles. The van der Waals surface area contributed by atoms with Crippen molar-refractivity contribution in [3.8, 4) is 22.8 Å². The number of aliphatic hydroxyl groups excluding tert-OH is 2. The van der Waals surface area contributed by atoms with Crippen molar-refractivity contribution in [3.63, 3.8) is 0 Å². The average molecular weight is 568 g/mol. The van der Waals surface area contributed by atoms with Crippen LogP contribution >= 0.6 is 0 Å². The topological polar surface area (TPSA) is 147 Å². The Bertz CT molecular complexity index is 1330. The zero-order valence-electron chi connectivity index (χ0n) is 21.6. The molecule has 0 aliphatic rings. The number of carbonyl (C=O) groups is 1. The highest BCUT2D eigenvalue weighted by Crippen LogP contribution is 2.40. The molecule has 0 spiro atoms. The van der Waals surface area contributed by atoms with Gasteiger partial charge < -0.3 is 35.8 Å². The van der Waals surface area contributed by atoms with Crippen LogP contribution in [0.1, 0.15) is 28.5 Å². The molecule has 2 aromatic carbocycles. The highest BCUT2D eigenvalue weighted by atomic mass is 19.4. The molecule has 216 valence electrons. The molecule has 1 aromatic heterocycles. The lowest BCUT2D eigenvalue weighted by molar-refractivity contribution is -0.265. The summed E-state index contributed by atoms with van der Waals surface area (Å²) in [5.74, 6) is -1.26. The van der Waals surface area contributed by atoms with E-state index in [0.717, 1.165) is 18.2 Å². The van der Waals surface area contributed by atoms with E-state index in [9.17, 15) is 32.6 Å². The normalized spacial score (nSPS) is 14.7. The first-order valence-electron chi connectivity index (χ1n) is 11.9. The minimum absolute atomic E-state index is 0.0107. The lowest BCUT2D eigenvalue weighted by atomic mass is 9.88. The molecule has 0 radical (unpaired) electrons. The van der Waals surface area contributed by atoms with Gasteiger partial charge in [0.1, 0.15) is 12.4 Å². The van der Waals surface area contributed by atoms with Crippen LogP contribution in [0.25, 0.3) is 11.3 Å². The molecule has 6 N–H and O–H groups in total. The van der Waals surface area contributed by atoms with E-state index in [1.54, 1.807) is 0 Å². The highest BCUT2D eigenvalue weighted by molar-refractivity contribution is 5.95. The maximum atomic E-state index is 14.4. The first-order chi connectivity index (χ1) is 18.8. The molecule has 0 aliphatic heterocycles. The minimum atomic E-state index is -5.32. The fourth-order valence-electron chi connectivity index (χ4n) is 3.66. The van der Waals surface area contributed by atoms with Gasteiger partial charge in [0, 0.05) is 11.1 Å². The van der Waals surface area contributed by atoms with Gasteiger partial charge in [-0.3, -0.25) is 4.79 Å². The van der Waals surface area contributed by atoms with Crippen LogP contribution < -0.4 is 20.5 Å². The molecular weight excluding hydrogens is 538 g/mol. The lowest BCUT2D eigenvalue weighted by Crippen LogP contribution is -2.52. The summed E-state index contributed by atoms with van der Waals surface area (Å²) in [6, 6.07) is 10.8. The molecule has 9 nitrogen and oxygen atoms in total. The number of amides is 1. The van der Waals surface area contributed by atoms with Gasteiger partial charge in [0.2, 0.25) is 5.60 Å². The van der Waals surface area contributed by atoms with Gasteiger partial charge in [-0.1, -0.05) is 0 Å². The minimum Gasteiger partial charge on any atom is -0.493 e. The number of rotatable bonds is 11. The van der Waals surface area contributed by atoms with E-state index < -0.39 is 47.9 Å². The first-order valence-corrected chi connectivity index (χ1v) is 11.9. The second-order valence-electron chi connectivity index (χ2n) is 9.19. The van der Waals surface area contributed by atoms with E-state index in [2.05, 4.69) is 10.3 Å². The third kappa shape index (κ3) is 6.67. The number of hydrogen-bond donors (Lipinski definition) is 5. The number of aliphatic hydroxyl groups is 3. The van der Waals surface area contributed by atoms with Gasteiger partial charge in [0.25, 0.3) is 5.91 Å². The summed E-state index contributed by atoms with van der Waals surface area (Å²) in [5.41, 5.74) is 0.0441. The summed E-state index contributed by atoms with van der Waals surface area (Å²) in [6.45, 7) is -0.942. The second kappa shape index (κ2) is 12.2. The molecular formula is C27H29F4N3O6. The van der Waals surface area contributed by atoms with E-state index in [0.29, 0.717) is 0 Å². The summed E-state index contributed by atoms with van der Waals surface area (Å²) in [6.07, 6.45) is -5.32. The Labute approximate surface area is 227 Å². The van der Waals surface area contributed by atoms with E-state index in [4.69, 9.17) is 20.3 Å². The van der Waals surface area contributed by atoms with E-state index in [-0.39, 0.29) is 47.1 Å². The van der Waals surface area contributed by atoms with Gasteiger partial charge in [0.05, 0.1) is 43.8 Å². The number of aromatic nitrogens is 1. The molecule has 2 unspecified atom stereocenters. The molecule has 2 atom stereocenters. The molecule has 1 heterocycles. The maximum Gasteiger partial charge on any atom is 0.424 e. The van der Waals surface area contributed by atoms with E-state index in [1.807, 2.05) is 0 Å². The Morgan fingerprint density at radius 1 is 1.05 bits per heavy atom. The number of alkyl halides is 3. The SMILES string of the molecule is COc1cc(C(=O)NCC(O)(c2cc(C(C)(N)CO)cc(-c3ccc(F)cc3)n2)C(F)(F)F)ccc1OCCO. The van der Waals surface area contributed by atoms with Crippen molar-refractivity contribution in [3.05, 3.63) is 77.2 Å². The molecule has 0 fully saturated rings. The number of benzene rings is 2. The molecule has 0 saturated heterocycles. The van der Waals surface area contributed by atoms with Crippen LogP contribution in [-0.4, -0.2) is 65.9 Å². The van der Waals surface area contributed by atoms with Crippen molar-refractivity contribution >= 4 is 5.91 Å². The van der Waals surface area contributed by atoms with E-state index in [1.165, 1.54) is 50.4 Å². The highest BCUT2D eigenvalue weighted by Gasteiger charge is 2.56. The second-order valence-corrected chi connectivity index (χ2v) is 9.19. The average Bonchev–Trinajstić information content (AvgIpc) is 2.93. The fourth-order valence-corrected chi connectivity index (χ4v) is 3.66. The molecule has 13 heteroatoms. The third-order valence-electron chi connectivity index (χ3n) is 6.13. The van der Waals surface area contributed by atoms with Gasteiger partial charge in [-0.25, -0.2) is 9.37 Å². The lowest BCUT2D eigenvalue weighted by Gasteiger charge is -2.32. The first kappa shape index (κ1) is 30.8. The number of nitrogens with two attached hydrogens (primary N) is 1. The van der Waals surface area contributed by atoms with Crippen molar-refractivity contribution in [2.45, 2.75) is 24.2 Å². The number of ether oxygens (including phenoxy) is 2. The van der Waals surface area contributed by atoms with Gasteiger partial charge in [-0.15, -0.1) is 0 Å². The van der Waals surface area contributed by atoms with Gasteiger partial charge in [0.15, 0.2) is 11.5 Å². The largest absolute Gasteiger partial charge is 0.493 e. The molecule has 0 bridgehead atoms. The quantitative estimate of drug-likeness (QED) is 0.222. The Hall–Kier alpha value is -3.78. The van der Waals surface area contributed by atoms with Crippen molar-refractivity contribution in [2.75, 3.05) is 33.5 Å². The molecule has 3 rings (SSSR count). The van der Waals surface area contributed by atoms with Gasteiger partial charge >= 0.3 is 6.18 Å². The zero-order chi connectivity index (χ0) is 29.7. The number of nitrogens with one attached hydrogen (secondary N) is 1. The Morgan fingerprint density at radius 2 is 1.73 bits per heavy atom. The summed E-state index contributed by atoms with van der Waals surface area (Å²) in [7, 11) is 1.29. The summed E-state index contributed by atoms with van der Waals surface area (Å²) < 4.78 is 67.1. The van der Waals surface area contributed by atoms with E-state index >= 15 is 0 Å². The number of pyridine rings is 1. The van der Waals surface area contributed by atoms with Gasteiger partial charge in [-0.2, -0.15) is 13.2 Å². The fraction of sp³-hybridized carbons (Fsp3) is 0.333. The van der Waals surface area contributed by atoms with Crippen molar-refractivity contribution in [2.24, 2.45) is 5.73 Å². The van der Waals surface area contributed by atoms with Crippen LogP contribution in [0.4, 0.5) is 17.6 Å². The van der Waals surface area contributed by atoms with Crippen LogP contribution in [0, 0.1) is 5.82 Å². The van der Waals surface area contributed by atoms with Crippen LogP contribution in [-0.2, 0) is 11.1 Å². The summed E-state index contributed by atoms with van der Waals surface area (Å²) in [4.78, 5) is 16.8. The van der Waals surface area contributed by atoms with Gasteiger partial charge in [-0.05, 0) is 67.1 Å². The summed E-state index contributed by atoms with van der Waals surface area (Å²) >= 11 is 0. The number of hydrogen-bond acceptors (Lipinski definition) is 8. The van der Waals surface area contributed by atoms with Crippen LogP contribution in [0.15, 0.2) is 54.6 Å². The van der Waals surface area contributed by atoms with Crippen molar-refractivity contribution in [1.29, 1.82) is 0 Å². The third-order valence-corrected chi connectivity index (χ3v) is 6.13. The predicted octanol–water partition coefficient (Wildman–Crippen LogP) is 2.61. The van der Waals surface area contributed by atoms with Crippen molar-refractivity contribution in [1.82, 2.24) is 10.3 Å². The number of methoxy groups -OCH3 is 1. The molecule has 1 amide bonds. The Balaban J connectivity index is 2.02. The maximum absolute atomic E-state index is 14.4. The predicted molar refractivity (Wildman–Crippen MR) is 136 cm³/mol. The molecule has 3 aromatic rings. The molecule has 40 heavy (non-hydrogen) atoms. The van der Waals surface area contributed by atoms with Crippen LogP contribution in [0.5, 0.6) is 11.5 Å². The zero-order valence-corrected chi connectivity index (χ0v) is 21.6. The Morgan fingerprint density at radius 3 is 2.30 bits per heavy atom. The number of halogens is 4. The standard InChI is InChI=1S/C27H29F4N3O6/c1-25(32,15-36)18-12-20(16-3-6-19(28)7-4-16)34-23(13-18)26(38,27(29,30)31)14-33-24(37)17-5-8-21(40-10-9-35)22(11-17)39-2/h3-8,11-13,35-36,38H,9-10,14-15,32H2,1-2H3,(H,33,37). The summed E-state index contributed by atoms with van der Waals surface area (Å²) in [5, 5.41) is 31.7. The monoisotopic (exact) mass is 567 g/mol. The van der Waals surface area contributed by atoms with Crippen LogP contribution in [0.3, 0.4) is 0 Å². The smallest absolute Gasteiger partial charge is 0.424 e. The number of carbonyl (C=O) groups excluding carboxylic acids is 1. The van der Waals surface area contributed by atoms with Crippen molar-refractivity contribution < 1.29 is 47.1 Å².